The second-order valence-corrected chi connectivity index (χ2v) is 9.62. The van der Waals surface area contributed by atoms with Crippen molar-refractivity contribution in [3.05, 3.63) is 70.8 Å². The van der Waals surface area contributed by atoms with Crippen molar-refractivity contribution in [3.63, 3.8) is 0 Å². The summed E-state index contributed by atoms with van der Waals surface area (Å²) in [6.07, 6.45) is 0.395. The highest BCUT2D eigenvalue weighted by molar-refractivity contribution is 7.91. The highest BCUT2D eigenvalue weighted by atomic mass is 32.2. The Hall–Kier alpha value is -2.67. The number of sulfone groups is 1. The predicted octanol–water partition coefficient (Wildman–Crippen LogP) is 2.68. The number of hydrogen-bond donors (Lipinski definition) is 0. The molecule has 154 valence electrons. The molecule has 1 atom stereocenters. The van der Waals surface area contributed by atoms with Gasteiger partial charge in [0.25, 0.3) is 5.91 Å². The van der Waals surface area contributed by atoms with Crippen LogP contribution in [0.25, 0.3) is 0 Å². The van der Waals surface area contributed by atoms with Gasteiger partial charge in [-0.2, -0.15) is 0 Å². The van der Waals surface area contributed by atoms with Gasteiger partial charge in [-0.3, -0.25) is 4.79 Å². The van der Waals surface area contributed by atoms with Crippen LogP contribution >= 0.6 is 0 Å². The van der Waals surface area contributed by atoms with Crippen LogP contribution in [-0.4, -0.2) is 49.3 Å². The Kier molecular flexibility index (Phi) is 6.37. The van der Waals surface area contributed by atoms with Gasteiger partial charge in [-0.15, -0.1) is 0 Å². The van der Waals surface area contributed by atoms with Gasteiger partial charge in [-0.05, 0) is 43.0 Å². The van der Waals surface area contributed by atoms with Gasteiger partial charge in [0, 0.05) is 12.6 Å². The third-order valence-corrected chi connectivity index (χ3v) is 7.07. The lowest BCUT2D eigenvalue weighted by molar-refractivity contribution is -0.137. The molecule has 29 heavy (non-hydrogen) atoms. The van der Waals surface area contributed by atoms with E-state index in [4.69, 9.17) is 4.74 Å². The van der Waals surface area contributed by atoms with Crippen LogP contribution in [0.4, 0.5) is 0 Å². The van der Waals surface area contributed by atoms with Crippen molar-refractivity contribution in [2.24, 2.45) is 0 Å². The standard InChI is InChI=1S/C22H25NO5S/c1-16-7-6-10-20(17(16)2)22(25)28-14-21(24)23(13-18-8-4-3-5-9-18)19-11-12-29(26,27)15-19/h3-10,19H,11-15H2,1-2H3/t19-/m0/s1. The molecule has 0 aliphatic carbocycles. The maximum absolute atomic E-state index is 12.9. The van der Waals surface area contributed by atoms with Gasteiger partial charge < -0.3 is 9.64 Å². The third-order valence-electron chi connectivity index (χ3n) is 5.32. The first-order valence-corrected chi connectivity index (χ1v) is 11.4. The summed E-state index contributed by atoms with van der Waals surface area (Å²) in [5, 5.41) is 0. The minimum absolute atomic E-state index is 0.0590. The fraction of sp³-hybridized carbons (Fsp3) is 0.364. The number of hydrogen-bond acceptors (Lipinski definition) is 5. The van der Waals surface area contributed by atoms with Crippen molar-refractivity contribution in [2.75, 3.05) is 18.1 Å². The quantitative estimate of drug-likeness (QED) is 0.678. The summed E-state index contributed by atoms with van der Waals surface area (Å²) in [5.41, 5.74) is 3.10. The van der Waals surface area contributed by atoms with Crippen molar-refractivity contribution in [1.82, 2.24) is 4.90 Å². The maximum Gasteiger partial charge on any atom is 0.338 e. The predicted molar refractivity (Wildman–Crippen MR) is 110 cm³/mol. The zero-order valence-electron chi connectivity index (χ0n) is 16.6. The van der Waals surface area contributed by atoms with Gasteiger partial charge in [0.1, 0.15) is 0 Å². The van der Waals surface area contributed by atoms with E-state index in [9.17, 15) is 18.0 Å². The lowest BCUT2D eigenvalue weighted by Gasteiger charge is -2.28. The first-order valence-electron chi connectivity index (χ1n) is 9.54. The van der Waals surface area contributed by atoms with Gasteiger partial charge in [-0.1, -0.05) is 42.5 Å². The minimum atomic E-state index is -3.15. The molecule has 1 fully saturated rings. The van der Waals surface area contributed by atoms with E-state index in [2.05, 4.69) is 0 Å². The average molecular weight is 416 g/mol. The van der Waals surface area contributed by atoms with Crippen molar-refractivity contribution in [2.45, 2.75) is 32.9 Å². The molecule has 2 aromatic carbocycles. The number of benzene rings is 2. The minimum Gasteiger partial charge on any atom is -0.452 e. The smallest absolute Gasteiger partial charge is 0.338 e. The summed E-state index contributed by atoms with van der Waals surface area (Å²) in [4.78, 5) is 26.8. The van der Waals surface area contributed by atoms with Crippen LogP contribution in [0, 0.1) is 13.8 Å². The van der Waals surface area contributed by atoms with E-state index in [1.54, 1.807) is 12.1 Å². The molecule has 0 bridgehead atoms. The first-order chi connectivity index (χ1) is 13.8. The Bertz CT molecular complexity index is 1000. The number of carbonyl (C=O) groups is 2. The number of rotatable bonds is 6. The van der Waals surface area contributed by atoms with Crippen molar-refractivity contribution >= 4 is 21.7 Å². The molecule has 7 heteroatoms. The highest BCUT2D eigenvalue weighted by Crippen LogP contribution is 2.21. The van der Waals surface area contributed by atoms with Gasteiger partial charge >= 0.3 is 5.97 Å². The molecule has 1 aliphatic rings. The molecular formula is C22H25NO5S. The molecule has 6 nitrogen and oxygen atoms in total. The number of esters is 1. The molecule has 0 spiro atoms. The number of carbonyl (C=O) groups excluding carboxylic acids is 2. The zero-order valence-corrected chi connectivity index (χ0v) is 17.4. The van der Waals surface area contributed by atoms with Gasteiger partial charge in [0.05, 0.1) is 17.1 Å². The van der Waals surface area contributed by atoms with Crippen LogP contribution in [0.2, 0.25) is 0 Å². The molecule has 0 unspecified atom stereocenters. The molecule has 2 aromatic rings. The van der Waals surface area contributed by atoms with Crippen molar-refractivity contribution in [1.29, 1.82) is 0 Å². The van der Waals surface area contributed by atoms with E-state index < -0.39 is 34.4 Å². The number of nitrogens with zero attached hydrogens (tertiary/aromatic N) is 1. The summed E-state index contributed by atoms with van der Waals surface area (Å²) >= 11 is 0. The van der Waals surface area contributed by atoms with Crippen LogP contribution in [0.15, 0.2) is 48.5 Å². The van der Waals surface area contributed by atoms with Crippen molar-refractivity contribution < 1.29 is 22.7 Å². The molecular weight excluding hydrogens is 390 g/mol. The van der Waals surface area contributed by atoms with Gasteiger partial charge in [-0.25, -0.2) is 13.2 Å². The Morgan fingerprint density at radius 3 is 2.45 bits per heavy atom. The maximum atomic E-state index is 12.9. The van der Waals surface area contributed by atoms with Crippen molar-refractivity contribution in [3.8, 4) is 0 Å². The SMILES string of the molecule is Cc1cccc(C(=O)OCC(=O)N(Cc2ccccc2)[C@H]2CCS(=O)(=O)C2)c1C. The highest BCUT2D eigenvalue weighted by Gasteiger charge is 2.35. The zero-order chi connectivity index (χ0) is 21.0. The second-order valence-electron chi connectivity index (χ2n) is 7.39. The second kappa shape index (κ2) is 8.78. The first kappa shape index (κ1) is 21.0. The summed E-state index contributed by atoms with van der Waals surface area (Å²) in [7, 11) is -3.15. The van der Waals surface area contributed by atoms with E-state index in [0.717, 1.165) is 16.7 Å². The Balaban J connectivity index is 1.72. The topological polar surface area (TPSA) is 80.8 Å². The number of aryl methyl sites for hydroxylation is 1. The van der Waals surface area contributed by atoms with Crippen LogP contribution in [0.1, 0.15) is 33.5 Å². The number of ether oxygens (including phenoxy) is 1. The van der Waals surface area contributed by atoms with E-state index in [1.165, 1.54) is 4.90 Å². The monoisotopic (exact) mass is 415 g/mol. The summed E-state index contributed by atoms with van der Waals surface area (Å²) in [5.74, 6) is -0.942. The fourth-order valence-electron chi connectivity index (χ4n) is 3.48. The summed E-state index contributed by atoms with van der Waals surface area (Å²) < 4.78 is 29.1. The lowest BCUT2D eigenvalue weighted by Crippen LogP contribution is -2.42. The molecule has 0 aromatic heterocycles. The normalized spacial score (nSPS) is 17.7. The Morgan fingerprint density at radius 1 is 1.07 bits per heavy atom. The summed E-state index contributed by atoms with van der Waals surface area (Å²) in [6.45, 7) is 3.59. The lowest BCUT2D eigenvalue weighted by atomic mass is 10.0. The fourth-order valence-corrected chi connectivity index (χ4v) is 5.21. The van der Waals surface area contributed by atoms with Gasteiger partial charge in [0.15, 0.2) is 16.4 Å². The van der Waals surface area contributed by atoms with E-state index in [1.807, 2.05) is 50.2 Å². The van der Waals surface area contributed by atoms with E-state index in [0.29, 0.717) is 12.0 Å². The molecule has 0 N–H and O–H groups in total. The van der Waals surface area contributed by atoms with E-state index >= 15 is 0 Å². The van der Waals surface area contributed by atoms with Gasteiger partial charge in [0.2, 0.25) is 0 Å². The Labute approximate surface area is 171 Å². The largest absolute Gasteiger partial charge is 0.452 e. The third kappa shape index (κ3) is 5.23. The van der Waals surface area contributed by atoms with Crippen LogP contribution in [0.5, 0.6) is 0 Å². The average Bonchev–Trinajstić information content (AvgIpc) is 3.06. The van der Waals surface area contributed by atoms with Crippen LogP contribution in [-0.2, 0) is 25.9 Å². The molecule has 0 saturated carbocycles. The molecule has 0 radical (unpaired) electrons. The molecule has 1 saturated heterocycles. The van der Waals surface area contributed by atoms with Crippen LogP contribution in [0.3, 0.4) is 0 Å². The molecule has 3 rings (SSSR count). The summed E-state index contributed by atoms with van der Waals surface area (Å²) in [6, 6.07) is 14.3. The molecule has 1 amide bonds. The Morgan fingerprint density at radius 2 is 1.79 bits per heavy atom. The van der Waals surface area contributed by atoms with Crippen LogP contribution < -0.4 is 0 Å². The van der Waals surface area contributed by atoms with E-state index in [-0.39, 0.29) is 18.1 Å². The number of amides is 1. The molecule has 1 heterocycles. The molecule has 1 aliphatic heterocycles.